The zero-order valence-electron chi connectivity index (χ0n) is 21.4. The lowest BCUT2D eigenvalue weighted by Gasteiger charge is -2.36. The lowest BCUT2D eigenvalue weighted by Crippen LogP contribution is -2.31. The molecule has 0 saturated carbocycles. The Morgan fingerprint density at radius 1 is 0.846 bits per heavy atom. The molecule has 1 saturated heterocycles. The summed E-state index contributed by atoms with van der Waals surface area (Å²) in [4.78, 5) is 12.4. The summed E-state index contributed by atoms with van der Waals surface area (Å²) in [5.41, 5.74) is 12.1. The number of hydrogen-bond acceptors (Lipinski definition) is 6. The van der Waals surface area contributed by atoms with Gasteiger partial charge < -0.3 is 25.4 Å². The average molecular weight is 542 g/mol. The second kappa shape index (κ2) is 12.6. The molecule has 0 radical (unpaired) electrons. The minimum absolute atomic E-state index is 0.0136. The predicted octanol–water partition coefficient (Wildman–Crippen LogP) is 6.34. The van der Waals surface area contributed by atoms with E-state index in [-0.39, 0.29) is 24.4 Å². The van der Waals surface area contributed by atoms with Gasteiger partial charge >= 0.3 is 5.97 Å². The van der Waals surface area contributed by atoms with Crippen molar-refractivity contribution < 1.29 is 24.5 Å². The maximum Gasteiger partial charge on any atom is 0.336 e. The maximum absolute atomic E-state index is 11.7. The lowest BCUT2D eigenvalue weighted by molar-refractivity contribution is -0.245. The van der Waals surface area contributed by atoms with Crippen molar-refractivity contribution in [2.45, 2.75) is 43.0 Å². The van der Waals surface area contributed by atoms with Crippen molar-refractivity contribution in [2.75, 3.05) is 5.75 Å². The van der Waals surface area contributed by atoms with Gasteiger partial charge in [-0.05, 0) is 46.0 Å². The van der Waals surface area contributed by atoms with Crippen LogP contribution in [0.4, 0.5) is 0 Å². The van der Waals surface area contributed by atoms with Gasteiger partial charge in [0.1, 0.15) is 0 Å². The fourth-order valence-corrected chi connectivity index (χ4v) is 5.75. The number of carboxylic acid groups (broad SMARTS) is 1. The van der Waals surface area contributed by atoms with Crippen molar-refractivity contribution in [3.05, 3.63) is 125 Å². The Labute approximate surface area is 232 Å². The highest BCUT2D eigenvalue weighted by Gasteiger charge is 2.32. The molecule has 1 fully saturated rings. The maximum atomic E-state index is 11.7. The van der Waals surface area contributed by atoms with E-state index in [0.717, 1.165) is 33.4 Å². The number of rotatable bonds is 9. The third kappa shape index (κ3) is 6.58. The monoisotopic (exact) mass is 541 g/mol. The number of nitrogens with two attached hydrogens (primary N) is 1. The summed E-state index contributed by atoms with van der Waals surface area (Å²) < 4.78 is 12.9. The molecule has 1 aliphatic heterocycles. The first-order valence-corrected chi connectivity index (χ1v) is 13.9. The summed E-state index contributed by atoms with van der Waals surface area (Å²) in [6.45, 7) is 0.479. The third-order valence-corrected chi connectivity index (χ3v) is 8.04. The summed E-state index contributed by atoms with van der Waals surface area (Å²) in [7, 11) is 0. The van der Waals surface area contributed by atoms with Gasteiger partial charge in [-0.15, -0.1) is 11.8 Å². The number of aliphatic hydroxyl groups is 1. The molecule has 4 aromatic carbocycles. The Balaban J connectivity index is 1.37. The molecule has 0 unspecified atom stereocenters. The second-order valence-corrected chi connectivity index (χ2v) is 10.6. The minimum Gasteiger partial charge on any atom is -0.478 e. The normalized spacial score (nSPS) is 19.1. The summed E-state index contributed by atoms with van der Waals surface area (Å²) in [5, 5.41) is 19.0. The molecule has 0 amide bonds. The van der Waals surface area contributed by atoms with Crippen LogP contribution in [0.2, 0.25) is 0 Å². The Bertz CT molecular complexity index is 1410. The number of benzene rings is 4. The molecule has 0 bridgehead atoms. The molecular weight excluding hydrogens is 510 g/mol. The number of hydrogen-bond donors (Lipinski definition) is 3. The van der Waals surface area contributed by atoms with Gasteiger partial charge in [-0.2, -0.15) is 0 Å². The SMILES string of the molecule is NCc1cccc(-c2ccc([C@H]3O[C@@H](CSc4ccccc4C(=O)O)C[C@@H](c4ccc(CO)cc4)O3)cc2)c1. The smallest absolute Gasteiger partial charge is 0.336 e. The van der Waals surface area contributed by atoms with E-state index in [2.05, 4.69) is 24.3 Å². The van der Waals surface area contributed by atoms with Crippen LogP contribution < -0.4 is 5.73 Å². The van der Waals surface area contributed by atoms with Gasteiger partial charge in [0.2, 0.25) is 0 Å². The third-order valence-electron chi connectivity index (χ3n) is 6.84. The lowest BCUT2D eigenvalue weighted by atomic mass is 9.99. The first kappa shape index (κ1) is 27.1. The molecule has 6 nitrogen and oxygen atoms in total. The molecule has 4 N–H and O–H groups in total. The van der Waals surface area contributed by atoms with Gasteiger partial charge in [0, 0.05) is 29.2 Å². The molecule has 0 spiro atoms. The van der Waals surface area contributed by atoms with Crippen LogP contribution in [0.15, 0.2) is 102 Å². The Morgan fingerprint density at radius 2 is 1.59 bits per heavy atom. The van der Waals surface area contributed by atoms with Crippen LogP contribution in [0.3, 0.4) is 0 Å². The first-order valence-electron chi connectivity index (χ1n) is 12.9. The molecule has 4 aromatic rings. The first-order chi connectivity index (χ1) is 19.0. The minimum atomic E-state index is -0.942. The quantitative estimate of drug-likeness (QED) is 0.213. The van der Waals surface area contributed by atoms with E-state index in [1.807, 2.05) is 60.7 Å². The molecule has 7 heteroatoms. The predicted molar refractivity (Wildman–Crippen MR) is 152 cm³/mol. The molecule has 3 atom stereocenters. The number of aliphatic hydroxyl groups excluding tert-OH is 1. The zero-order chi connectivity index (χ0) is 27.2. The largest absolute Gasteiger partial charge is 0.478 e. The van der Waals surface area contributed by atoms with Crippen LogP contribution in [0.5, 0.6) is 0 Å². The van der Waals surface area contributed by atoms with Crippen LogP contribution in [0.1, 0.15) is 51.4 Å². The number of thioether (sulfide) groups is 1. The summed E-state index contributed by atoms with van der Waals surface area (Å²) in [5.74, 6) is -0.359. The number of carboxylic acids is 1. The van der Waals surface area contributed by atoms with Gasteiger partial charge in [-0.25, -0.2) is 4.79 Å². The van der Waals surface area contributed by atoms with Crippen LogP contribution in [0, 0.1) is 0 Å². The van der Waals surface area contributed by atoms with E-state index >= 15 is 0 Å². The van der Waals surface area contributed by atoms with E-state index in [1.54, 1.807) is 12.1 Å². The average Bonchev–Trinajstić information content (AvgIpc) is 3.00. The fourth-order valence-electron chi connectivity index (χ4n) is 4.69. The number of ether oxygens (including phenoxy) is 2. The van der Waals surface area contributed by atoms with Gasteiger partial charge in [-0.3, -0.25) is 0 Å². The number of aromatic carboxylic acids is 1. The van der Waals surface area contributed by atoms with E-state index in [9.17, 15) is 15.0 Å². The van der Waals surface area contributed by atoms with Crippen molar-refractivity contribution in [3.8, 4) is 11.1 Å². The highest BCUT2D eigenvalue weighted by atomic mass is 32.2. The highest BCUT2D eigenvalue weighted by molar-refractivity contribution is 7.99. The standard InChI is InChI=1S/C32H31NO5S/c33-18-22-4-3-5-26(16-22)23-12-14-25(15-13-23)32-37-27(20-39-30-7-2-1-6-28(30)31(35)36)17-29(38-32)24-10-8-21(19-34)9-11-24/h1-16,27,29,32,34H,17-20,33H2,(H,35,36)/t27-,29+,32+/m1/s1. The second-order valence-electron chi connectivity index (χ2n) is 9.49. The molecule has 1 heterocycles. The Kier molecular flexibility index (Phi) is 8.76. The van der Waals surface area contributed by atoms with Crippen molar-refractivity contribution in [2.24, 2.45) is 5.73 Å². The van der Waals surface area contributed by atoms with E-state index < -0.39 is 12.3 Å². The summed E-state index contributed by atoms with van der Waals surface area (Å²) in [6.07, 6.45) is -0.330. The summed E-state index contributed by atoms with van der Waals surface area (Å²) >= 11 is 1.48. The molecule has 0 aliphatic carbocycles. The van der Waals surface area contributed by atoms with E-state index in [1.165, 1.54) is 11.8 Å². The van der Waals surface area contributed by atoms with Crippen molar-refractivity contribution in [1.82, 2.24) is 0 Å². The fraction of sp³-hybridized carbons (Fsp3) is 0.219. The van der Waals surface area contributed by atoms with Crippen molar-refractivity contribution >= 4 is 17.7 Å². The van der Waals surface area contributed by atoms with Crippen molar-refractivity contribution in [1.29, 1.82) is 0 Å². The van der Waals surface area contributed by atoms with Crippen LogP contribution in [0.25, 0.3) is 11.1 Å². The molecule has 0 aromatic heterocycles. The van der Waals surface area contributed by atoms with Crippen LogP contribution in [-0.2, 0) is 22.6 Å². The summed E-state index contributed by atoms with van der Waals surface area (Å²) in [6, 6.07) is 31.1. The van der Waals surface area contributed by atoms with E-state index in [4.69, 9.17) is 15.2 Å². The van der Waals surface area contributed by atoms with Gasteiger partial charge in [0.25, 0.3) is 0 Å². The van der Waals surface area contributed by atoms with Crippen molar-refractivity contribution in [3.63, 3.8) is 0 Å². The molecule has 5 rings (SSSR count). The van der Waals surface area contributed by atoms with Gasteiger partial charge in [0.05, 0.1) is 24.4 Å². The molecule has 1 aliphatic rings. The van der Waals surface area contributed by atoms with E-state index in [0.29, 0.717) is 23.6 Å². The number of carbonyl (C=O) groups is 1. The molecular formula is C32H31NO5S. The molecule has 39 heavy (non-hydrogen) atoms. The van der Waals surface area contributed by atoms with Gasteiger partial charge in [-0.1, -0.05) is 78.9 Å². The van der Waals surface area contributed by atoms with Crippen LogP contribution >= 0.6 is 11.8 Å². The van der Waals surface area contributed by atoms with Gasteiger partial charge in [0.15, 0.2) is 6.29 Å². The Morgan fingerprint density at radius 3 is 2.31 bits per heavy atom. The van der Waals surface area contributed by atoms with Crippen LogP contribution in [-0.4, -0.2) is 28.0 Å². The Hall–Kier alpha value is -3.46. The molecule has 200 valence electrons. The topological polar surface area (TPSA) is 102 Å². The zero-order valence-corrected chi connectivity index (χ0v) is 22.2. The highest BCUT2D eigenvalue weighted by Crippen LogP contribution is 2.40.